The molecule has 210 valence electrons. The predicted molar refractivity (Wildman–Crippen MR) is 167 cm³/mol. The SMILES string of the molecule is CCOc1ccc(NC(=O)C(CC)Sc2cccc(NC(=O)/C(=C/c3cccs3)NC(=O)c3ccccc3)c2)cc1. The maximum absolute atomic E-state index is 13.3. The summed E-state index contributed by atoms with van der Waals surface area (Å²) in [6, 6.07) is 27.0. The fraction of sp³-hybridized carbons (Fsp3) is 0.156. The first-order valence-electron chi connectivity index (χ1n) is 13.2. The van der Waals surface area contributed by atoms with E-state index in [2.05, 4.69) is 16.0 Å². The Kier molecular flexibility index (Phi) is 10.8. The molecule has 1 heterocycles. The molecule has 41 heavy (non-hydrogen) atoms. The molecule has 0 spiro atoms. The van der Waals surface area contributed by atoms with Crippen LogP contribution in [-0.2, 0) is 9.59 Å². The van der Waals surface area contributed by atoms with E-state index in [4.69, 9.17) is 4.74 Å². The van der Waals surface area contributed by atoms with Crippen LogP contribution in [0.5, 0.6) is 5.75 Å². The van der Waals surface area contributed by atoms with Crippen LogP contribution in [0.25, 0.3) is 6.08 Å². The number of ether oxygens (including phenoxy) is 1. The van der Waals surface area contributed by atoms with E-state index in [-0.39, 0.29) is 22.8 Å². The Morgan fingerprint density at radius 3 is 2.34 bits per heavy atom. The van der Waals surface area contributed by atoms with Gasteiger partial charge in [-0.15, -0.1) is 23.1 Å². The Morgan fingerprint density at radius 1 is 0.878 bits per heavy atom. The number of anilines is 2. The highest BCUT2D eigenvalue weighted by Crippen LogP contribution is 2.29. The molecule has 3 aromatic carbocycles. The van der Waals surface area contributed by atoms with Crippen molar-refractivity contribution in [1.82, 2.24) is 5.32 Å². The number of rotatable bonds is 12. The molecule has 0 fully saturated rings. The molecule has 1 unspecified atom stereocenters. The van der Waals surface area contributed by atoms with Gasteiger partial charge in [0.1, 0.15) is 11.4 Å². The number of carbonyl (C=O) groups excluding carboxylic acids is 3. The molecule has 0 aliphatic rings. The topological polar surface area (TPSA) is 96.5 Å². The third-order valence-electron chi connectivity index (χ3n) is 5.82. The highest BCUT2D eigenvalue weighted by atomic mass is 32.2. The molecule has 0 saturated heterocycles. The number of thiophene rings is 1. The van der Waals surface area contributed by atoms with Crippen molar-refractivity contribution in [3.8, 4) is 5.75 Å². The first kappa shape index (κ1) is 29.6. The molecule has 1 aromatic heterocycles. The summed E-state index contributed by atoms with van der Waals surface area (Å²) in [5.41, 5.74) is 1.82. The van der Waals surface area contributed by atoms with Crippen molar-refractivity contribution in [2.45, 2.75) is 30.4 Å². The van der Waals surface area contributed by atoms with Crippen LogP contribution in [0, 0.1) is 0 Å². The molecule has 0 radical (unpaired) electrons. The highest BCUT2D eigenvalue weighted by molar-refractivity contribution is 8.00. The molecule has 0 aliphatic carbocycles. The zero-order valence-corrected chi connectivity index (χ0v) is 24.4. The van der Waals surface area contributed by atoms with Crippen molar-refractivity contribution in [2.24, 2.45) is 0 Å². The van der Waals surface area contributed by atoms with Crippen LogP contribution in [0.15, 0.2) is 107 Å². The number of nitrogens with one attached hydrogen (secondary N) is 3. The first-order chi connectivity index (χ1) is 19.9. The van der Waals surface area contributed by atoms with E-state index < -0.39 is 5.91 Å². The zero-order valence-electron chi connectivity index (χ0n) is 22.8. The van der Waals surface area contributed by atoms with E-state index in [9.17, 15) is 14.4 Å². The summed E-state index contributed by atoms with van der Waals surface area (Å²) in [7, 11) is 0. The van der Waals surface area contributed by atoms with Crippen molar-refractivity contribution in [3.05, 3.63) is 113 Å². The van der Waals surface area contributed by atoms with Gasteiger partial charge in [0, 0.05) is 26.7 Å². The molecule has 9 heteroatoms. The fourth-order valence-electron chi connectivity index (χ4n) is 3.81. The summed E-state index contributed by atoms with van der Waals surface area (Å²) in [6.45, 7) is 4.45. The largest absolute Gasteiger partial charge is 0.494 e. The van der Waals surface area contributed by atoms with E-state index in [0.717, 1.165) is 15.5 Å². The Morgan fingerprint density at radius 2 is 1.66 bits per heavy atom. The Bertz CT molecular complexity index is 1490. The van der Waals surface area contributed by atoms with Crippen molar-refractivity contribution in [1.29, 1.82) is 0 Å². The molecule has 0 aliphatic heterocycles. The molecule has 0 bridgehead atoms. The van der Waals surface area contributed by atoms with Crippen LogP contribution in [0.1, 0.15) is 35.5 Å². The summed E-state index contributed by atoms with van der Waals surface area (Å²) in [5.74, 6) is -0.193. The van der Waals surface area contributed by atoms with Gasteiger partial charge in [-0.2, -0.15) is 0 Å². The summed E-state index contributed by atoms with van der Waals surface area (Å²) >= 11 is 2.88. The summed E-state index contributed by atoms with van der Waals surface area (Å²) in [4.78, 5) is 40.8. The lowest BCUT2D eigenvalue weighted by molar-refractivity contribution is -0.116. The third kappa shape index (κ3) is 8.83. The fourth-order valence-corrected chi connectivity index (χ4v) is 5.48. The van der Waals surface area contributed by atoms with Gasteiger partial charge in [0.15, 0.2) is 0 Å². The zero-order chi connectivity index (χ0) is 29.0. The van der Waals surface area contributed by atoms with Gasteiger partial charge in [0.2, 0.25) is 5.91 Å². The van der Waals surface area contributed by atoms with Crippen LogP contribution in [0.4, 0.5) is 11.4 Å². The predicted octanol–water partition coefficient (Wildman–Crippen LogP) is 7.07. The molecule has 1 atom stereocenters. The number of hydrogen-bond donors (Lipinski definition) is 3. The van der Waals surface area contributed by atoms with Gasteiger partial charge >= 0.3 is 0 Å². The summed E-state index contributed by atoms with van der Waals surface area (Å²) in [5, 5.41) is 10.2. The van der Waals surface area contributed by atoms with Crippen LogP contribution in [0.2, 0.25) is 0 Å². The Hall–Kier alpha value is -4.34. The summed E-state index contributed by atoms with van der Waals surface area (Å²) in [6.07, 6.45) is 2.27. The normalized spacial score (nSPS) is 11.8. The average Bonchev–Trinajstić information content (AvgIpc) is 3.50. The second kappa shape index (κ2) is 14.9. The second-order valence-electron chi connectivity index (χ2n) is 8.84. The van der Waals surface area contributed by atoms with Gasteiger partial charge in [-0.25, -0.2) is 0 Å². The lowest BCUT2D eigenvalue weighted by Gasteiger charge is -2.16. The van der Waals surface area contributed by atoms with Gasteiger partial charge in [-0.3, -0.25) is 14.4 Å². The summed E-state index contributed by atoms with van der Waals surface area (Å²) < 4.78 is 5.46. The maximum Gasteiger partial charge on any atom is 0.272 e. The maximum atomic E-state index is 13.3. The van der Waals surface area contributed by atoms with E-state index in [1.54, 1.807) is 36.4 Å². The minimum absolute atomic E-state index is 0.110. The monoisotopic (exact) mass is 585 g/mol. The van der Waals surface area contributed by atoms with Crippen molar-refractivity contribution in [2.75, 3.05) is 17.2 Å². The molecule has 3 amide bonds. The van der Waals surface area contributed by atoms with Crippen LogP contribution >= 0.6 is 23.1 Å². The molecular weight excluding hydrogens is 555 g/mol. The molecule has 3 N–H and O–H groups in total. The van der Waals surface area contributed by atoms with E-state index in [1.165, 1.54) is 23.1 Å². The Balaban J connectivity index is 1.43. The highest BCUT2D eigenvalue weighted by Gasteiger charge is 2.19. The van der Waals surface area contributed by atoms with E-state index in [0.29, 0.717) is 30.0 Å². The number of thioether (sulfide) groups is 1. The Labute approximate surface area is 248 Å². The molecular formula is C32H31N3O4S2. The van der Waals surface area contributed by atoms with Crippen molar-refractivity contribution >= 4 is 58.3 Å². The minimum atomic E-state index is -0.454. The van der Waals surface area contributed by atoms with E-state index in [1.807, 2.05) is 79.9 Å². The average molecular weight is 586 g/mol. The standard InChI is InChI=1S/C32H31N3O4S2/c1-3-29(32(38)33-23-15-17-25(18-16-23)39-4-2)41-27-13-8-12-24(20-27)34-31(37)28(21-26-14-9-19-40-26)35-30(36)22-10-6-5-7-11-22/h5-21,29H,3-4H2,1-2H3,(H,33,38)(H,34,37)(H,35,36)/b28-21-. The van der Waals surface area contributed by atoms with Crippen molar-refractivity contribution in [3.63, 3.8) is 0 Å². The molecule has 4 rings (SSSR count). The second-order valence-corrected chi connectivity index (χ2v) is 11.1. The van der Waals surface area contributed by atoms with Crippen LogP contribution < -0.4 is 20.7 Å². The van der Waals surface area contributed by atoms with Crippen LogP contribution in [-0.4, -0.2) is 29.6 Å². The van der Waals surface area contributed by atoms with E-state index >= 15 is 0 Å². The third-order valence-corrected chi connectivity index (χ3v) is 8.00. The molecule has 4 aromatic rings. The smallest absolute Gasteiger partial charge is 0.272 e. The number of benzene rings is 3. The van der Waals surface area contributed by atoms with Gasteiger partial charge in [-0.1, -0.05) is 37.3 Å². The first-order valence-corrected chi connectivity index (χ1v) is 14.9. The van der Waals surface area contributed by atoms with Gasteiger partial charge < -0.3 is 20.7 Å². The van der Waals surface area contributed by atoms with Gasteiger partial charge in [0.05, 0.1) is 11.9 Å². The molecule has 7 nitrogen and oxygen atoms in total. The minimum Gasteiger partial charge on any atom is -0.494 e. The van der Waals surface area contributed by atoms with Crippen LogP contribution in [0.3, 0.4) is 0 Å². The lowest BCUT2D eigenvalue weighted by atomic mass is 10.2. The quantitative estimate of drug-likeness (QED) is 0.122. The molecule has 0 saturated carbocycles. The number of amides is 3. The lowest BCUT2D eigenvalue weighted by Crippen LogP contribution is -2.30. The van der Waals surface area contributed by atoms with Gasteiger partial charge in [0.25, 0.3) is 11.8 Å². The van der Waals surface area contributed by atoms with Crippen molar-refractivity contribution < 1.29 is 19.1 Å². The number of hydrogen-bond acceptors (Lipinski definition) is 6. The van der Waals surface area contributed by atoms with Gasteiger partial charge in [-0.05, 0) is 85.5 Å². The number of carbonyl (C=O) groups is 3.